The highest BCUT2D eigenvalue weighted by Crippen LogP contribution is 2.37. The number of nitrogens with zero attached hydrogens (tertiary/aromatic N) is 3. The van der Waals surface area contributed by atoms with Gasteiger partial charge in [-0.05, 0) is 72.6 Å². The number of nitrogens with one attached hydrogen (secondary N) is 1. The Hall–Kier alpha value is -5.86. The number of benzene rings is 5. The third kappa shape index (κ3) is 8.00. The van der Waals surface area contributed by atoms with Crippen LogP contribution in [0.3, 0.4) is 0 Å². The number of ether oxygens (including phenoxy) is 1. The molecule has 0 saturated heterocycles. The molecule has 0 spiro atoms. The number of rotatable bonds is 12. The molecule has 1 unspecified atom stereocenters. The van der Waals surface area contributed by atoms with Crippen molar-refractivity contribution in [2.45, 2.75) is 25.9 Å². The molecule has 0 fully saturated rings. The van der Waals surface area contributed by atoms with Crippen molar-refractivity contribution >= 4 is 40.6 Å². The minimum absolute atomic E-state index is 0.0232. The zero-order chi connectivity index (χ0) is 34.2. The van der Waals surface area contributed by atoms with Gasteiger partial charge in [0.25, 0.3) is 0 Å². The van der Waals surface area contributed by atoms with Gasteiger partial charge in [0.15, 0.2) is 0 Å². The van der Waals surface area contributed by atoms with E-state index in [1.165, 1.54) is 0 Å². The molecular formula is C41H38N4O4. The van der Waals surface area contributed by atoms with Gasteiger partial charge in [-0.15, -0.1) is 0 Å². The highest BCUT2D eigenvalue weighted by molar-refractivity contribution is 6.24. The monoisotopic (exact) mass is 650 g/mol. The predicted molar refractivity (Wildman–Crippen MR) is 193 cm³/mol. The maximum Gasteiger partial charge on any atom is 0.338 e. The molecule has 0 aromatic heterocycles. The molecule has 5 aromatic carbocycles. The van der Waals surface area contributed by atoms with Crippen molar-refractivity contribution in [1.29, 1.82) is 0 Å². The molecule has 0 aliphatic carbocycles. The van der Waals surface area contributed by atoms with Gasteiger partial charge in [-0.3, -0.25) is 19.5 Å². The van der Waals surface area contributed by atoms with Crippen LogP contribution in [0.15, 0.2) is 138 Å². The summed E-state index contributed by atoms with van der Waals surface area (Å²) in [5, 5.41) is 2.94. The van der Waals surface area contributed by atoms with Crippen LogP contribution in [-0.2, 0) is 27.4 Å². The number of anilines is 2. The fourth-order valence-electron chi connectivity index (χ4n) is 5.98. The van der Waals surface area contributed by atoms with Crippen molar-refractivity contribution in [3.8, 4) is 0 Å². The van der Waals surface area contributed by atoms with Crippen LogP contribution < -0.4 is 10.2 Å². The number of amides is 2. The Morgan fingerprint density at radius 3 is 2.00 bits per heavy atom. The number of hydrogen-bond acceptors (Lipinski definition) is 6. The van der Waals surface area contributed by atoms with Crippen LogP contribution in [0.25, 0.3) is 0 Å². The maximum absolute atomic E-state index is 13.8. The molecule has 1 aliphatic heterocycles. The lowest BCUT2D eigenvalue weighted by Crippen LogP contribution is -2.38. The van der Waals surface area contributed by atoms with Crippen molar-refractivity contribution in [3.63, 3.8) is 0 Å². The van der Waals surface area contributed by atoms with Gasteiger partial charge in [0, 0.05) is 17.9 Å². The number of likely N-dealkylation sites (N-methyl/N-ethyl adjacent to an activating group) is 1. The van der Waals surface area contributed by atoms with E-state index in [1.54, 1.807) is 30.0 Å². The molecule has 1 aliphatic rings. The van der Waals surface area contributed by atoms with Gasteiger partial charge in [-0.2, -0.15) is 0 Å². The van der Waals surface area contributed by atoms with Crippen LogP contribution in [0.5, 0.6) is 0 Å². The number of esters is 1. The van der Waals surface area contributed by atoms with E-state index in [0.717, 1.165) is 27.9 Å². The Morgan fingerprint density at radius 1 is 0.755 bits per heavy atom. The van der Waals surface area contributed by atoms with Crippen molar-refractivity contribution in [2.24, 2.45) is 4.99 Å². The maximum atomic E-state index is 13.8. The summed E-state index contributed by atoms with van der Waals surface area (Å²) in [6.07, 6.45) is 0. The Labute approximate surface area is 286 Å². The van der Waals surface area contributed by atoms with E-state index in [9.17, 15) is 14.4 Å². The molecule has 1 heterocycles. The molecule has 246 valence electrons. The fourth-order valence-corrected chi connectivity index (χ4v) is 5.98. The number of carbonyl (C=O) groups excluding carboxylic acids is 3. The van der Waals surface area contributed by atoms with Gasteiger partial charge >= 0.3 is 5.97 Å². The highest BCUT2D eigenvalue weighted by atomic mass is 16.5. The summed E-state index contributed by atoms with van der Waals surface area (Å²) < 4.78 is 5.15. The molecule has 6 rings (SSSR count). The predicted octanol–water partition coefficient (Wildman–Crippen LogP) is 7.39. The van der Waals surface area contributed by atoms with Crippen LogP contribution >= 0.6 is 0 Å². The van der Waals surface area contributed by atoms with E-state index in [4.69, 9.17) is 9.73 Å². The number of hydrogen-bond donors (Lipinski definition) is 1. The van der Waals surface area contributed by atoms with Gasteiger partial charge in [0.1, 0.15) is 5.92 Å². The summed E-state index contributed by atoms with van der Waals surface area (Å²) >= 11 is 0. The van der Waals surface area contributed by atoms with E-state index >= 15 is 0 Å². The molecule has 49 heavy (non-hydrogen) atoms. The summed E-state index contributed by atoms with van der Waals surface area (Å²) in [4.78, 5) is 48.5. The molecule has 0 bridgehead atoms. The second-order valence-electron chi connectivity index (χ2n) is 11.9. The summed E-state index contributed by atoms with van der Waals surface area (Å²) in [7, 11) is 1.95. The Bertz CT molecular complexity index is 1950. The smallest absolute Gasteiger partial charge is 0.338 e. The topological polar surface area (TPSA) is 91.3 Å². The van der Waals surface area contributed by atoms with E-state index < -0.39 is 11.9 Å². The van der Waals surface area contributed by atoms with Crippen LogP contribution in [0.4, 0.5) is 17.1 Å². The second-order valence-corrected chi connectivity index (χ2v) is 11.9. The molecular weight excluding hydrogens is 612 g/mol. The molecule has 1 atom stereocenters. The van der Waals surface area contributed by atoms with Crippen LogP contribution in [0.2, 0.25) is 0 Å². The average molecular weight is 651 g/mol. The average Bonchev–Trinajstić information content (AvgIpc) is 3.45. The third-order valence-corrected chi connectivity index (χ3v) is 8.33. The van der Waals surface area contributed by atoms with Crippen molar-refractivity contribution in [2.75, 3.05) is 30.4 Å². The number of carbonyl (C=O) groups is 3. The van der Waals surface area contributed by atoms with Crippen molar-refractivity contribution in [1.82, 2.24) is 4.90 Å². The number of aliphatic imine (C=N–C) groups is 1. The number of fused-ring (bicyclic) bond motifs is 1. The van der Waals surface area contributed by atoms with E-state index in [2.05, 4.69) is 17.4 Å². The van der Waals surface area contributed by atoms with Gasteiger partial charge in [-0.1, -0.05) is 97.1 Å². The minimum atomic E-state index is -0.690. The molecule has 5 aromatic rings. The molecule has 0 radical (unpaired) electrons. The molecule has 8 nitrogen and oxygen atoms in total. The first-order valence-corrected chi connectivity index (χ1v) is 16.3. The molecule has 8 heteroatoms. The van der Waals surface area contributed by atoms with Gasteiger partial charge in [0.05, 0.1) is 36.7 Å². The lowest BCUT2D eigenvalue weighted by Gasteiger charge is -2.26. The van der Waals surface area contributed by atoms with E-state index in [1.807, 2.05) is 115 Å². The summed E-state index contributed by atoms with van der Waals surface area (Å²) in [5.41, 5.74) is 6.59. The third-order valence-electron chi connectivity index (χ3n) is 8.33. The summed E-state index contributed by atoms with van der Waals surface area (Å²) in [5.74, 6) is -1.38. The Balaban J connectivity index is 1.30. The first kappa shape index (κ1) is 33.1. The highest BCUT2D eigenvalue weighted by Gasteiger charge is 2.36. The quantitative estimate of drug-likeness (QED) is 0.112. The Morgan fingerprint density at radius 2 is 1.37 bits per heavy atom. The van der Waals surface area contributed by atoms with Crippen molar-refractivity contribution in [3.05, 3.63) is 161 Å². The van der Waals surface area contributed by atoms with Crippen LogP contribution in [-0.4, -0.2) is 48.6 Å². The lowest BCUT2D eigenvalue weighted by atomic mass is 9.90. The Kier molecular flexibility index (Phi) is 10.4. The molecule has 0 saturated carbocycles. The van der Waals surface area contributed by atoms with Crippen molar-refractivity contribution < 1.29 is 19.1 Å². The first-order chi connectivity index (χ1) is 23.9. The normalized spacial score (nSPS) is 13.9. The first-order valence-electron chi connectivity index (χ1n) is 16.3. The molecule has 2 amide bonds. The standard InChI is InChI=1S/C41H38N4O4/c1-3-49-41(48)32-19-24-35-36(25-32)43-40(47)38(35)39(31-17-11-6-12-18-31)42-33-20-22-34(23-21-33)45(27-30-15-9-5-10-16-30)37(46)28-44(2)26-29-13-7-4-8-14-29/h4-25,38H,3,26-28H2,1-2H3,(H,43,47). The summed E-state index contributed by atoms with van der Waals surface area (Å²) in [6.45, 7) is 3.34. The largest absolute Gasteiger partial charge is 0.462 e. The van der Waals surface area contributed by atoms with E-state index in [-0.39, 0.29) is 25.0 Å². The second kappa shape index (κ2) is 15.4. The van der Waals surface area contributed by atoms with Crippen LogP contribution in [0.1, 0.15) is 45.5 Å². The van der Waals surface area contributed by atoms with Gasteiger partial charge in [-0.25, -0.2) is 4.79 Å². The minimum Gasteiger partial charge on any atom is -0.462 e. The van der Waals surface area contributed by atoms with Gasteiger partial charge in [0.2, 0.25) is 11.8 Å². The van der Waals surface area contributed by atoms with Gasteiger partial charge < -0.3 is 15.0 Å². The zero-order valence-corrected chi connectivity index (χ0v) is 27.6. The SMILES string of the molecule is CCOC(=O)c1ccc2c(c1)NC(=O)C2C(=Nc1ccc(N(Cc2ccccc2)C(=O)CN(C)Cc2ccccc2)cc1)c1ccccc1. The lowest BCUT2D eigenvalue weighted by molar-refractivity contribution is -0.119. The zero-order valence-electron chi connectivity index (χ0n) is 27.6. The molecule has 1 N–H and O–H groups in total. The summed E-state index contributed by atoms with van der Waals surface area (Å²) in [6, 6.07) is 42.3. The fraction of sp³-hybridized carbons (Fsp3) is 0.171. The van der Waals surface area contributed by atoms with E-state index in [0.29, 0.717) is 35.7 Å². The van der Waals surface area contributed by atoms with Crippen LogP contribution in [0, 0.1) is 0 Å².